The molecule has 0 aromatic heterocycles. The highest BCUT2D eigenvalue weighted by Crippen LogP contribution is 2.50. The van der Waals surface area contributed by atoms with Gasteiger partial charge in [-0.1, -0.05) is 72.8 Å². The first-order valence-corrected chi connectivity index (χ1v) is 13.4. The van der Waals surface area contributed by atoms with E-state index in [1.54, 1.807) is 18.2 Å². The molecule has 0 unspecified atom stereocenters. The lowest BCUT2D eigenvalue weighted by Gasteiger charge is -2.38. The average molecular weight is 518 g/mol. The molecule has 2 N–H and O–H groups in total. The van der Waals surface area contributed by atoms with Crippen LogP contribution in [0.15, 0.2) is 84.9 Å². The van der Waals surface area contributed by atoms with Gasteiger partial charge in [-0.2, -0.15) is 0 Å². The van der Waals surface area contributed by atoms with Crippen LogP contribution < -0.4 is 10.6 Å². The van der Waals surface area contributed by atoms with Crippen LogP contribution in [0.25, 0.3) is 11.1 Å². The summed E-state index contributed by atoms with van der Waals surface area (Å²) < 4.78 is 0. The average Bonchev–Trinajstić information content (AvgIpc) is 3.41. The van der Waals surface area contributed by atoms with Gasteiger partial charge >= 0.3 is 6.03 Å². The van der Waals surface area contributed by atoms with Gasteiger partial charge in [-0.15, -0.1) is 0 Å². The molecule has 3 aromatic carbocycles. The normalized spacial score (nSPS) is 24.8. The van der Waals surface area contributed by atoms with Crippen molar-refractivity contribution in [3.05, 3.63) is 102 Å². The third-order valence-electron chi connectivity index (χ3n) is 8.66. The Morgan fingerprint density at radius 3 is 2.05 bits per heavy atom. The van der Waals surface area contributed by atoms with Crippen molar-refractivity contribution in [2.75, 3.05) is 5.32 Å². The van der Waals surface area contributed by atoms with Gasteiger partial charge in [0.2, 0.25) is 11.8 Å². The Morgan fingerprint density at radius 2 is 1.38 bits per heavy atom. The second kappa shape index (κ2) is 9.05. The zero-order valence-electron chi connectivity index (χ0n) is 21.2. The van der Waals surface area contributed by atoms with E-state index in [4.69, 9.17) is 0 Å². The maximum absolute atomic E-state index is 13.6. The van der Waals surface area contributed by atoms with Crippen LogP contribution in [0.1, 0.15) is 34.3 Å². The zero-order chi connectivity index (χ0) is 26.7. The van der Waals surface area contributed by atoms with Gasteiger partial charge in [0, 0.05) is 23.2 Å². The molecular formula is C32H27N3O4. The van der Waals surface area contributed by atoms with Gasteiger partial charge in [-0.05, 0) is 53.5 Å². The van der Waals surface area contributed by atoms with Crippen molar-refractivity contribution < 1.29 is 19.2 Å². The molecule has 5 aliphatic rings. The molecular weight excluding hydrogens is 490 g/mol. The summed E-state index contributed by atoms with van der Waals surface area (Å²) >= 11 is 0. The van der Waals surface area contributed by atoms with E-state index in [1.165, 1.54) is 4.90 Å². The molecule has 2 fully saturated rings. The predicted octanol–water partition coefficient (Wildman–Crippen LogP) is 4.79. The van der Waals surface area contributed by atoms with Crippen LogP contribution in [0.3, 0.4) is 0 Å². The highest BCUT2D eigenvalue weighted by molar-refractivity contribution is 6.22. The summed E-state index contributed by atoms with van der Waals surface area (Å²) in [6.07, 6.45) is 5.46. The number of allylic oxidation sites excluding steroid dienone is 2. The Balaban J connectivity index is 1.14. The maximum atomic E-state index is 13.6. The number of hydrogen-bond donors (Lipinski definition) is 2. The van der Waals surface area contributed by atoms with Crippen molar-refractivity contribution >= 4 is 29.3 Å². The van der Waals surface area contributed by atoms with Crippen LogP contribution in [-0.4, -0.2) is 34.7 Å². The Kier molecular flexibility index (Phi) is 5.47. The number of nitrogens with one attached hydrogen (secondary N) is 2. The number of carbonyl (C=O) groups excluding carboxylic acids is 4. The van der Waals surface area contributed by atoms with Crippen LogP contribution >= 0.6 is 0 Å². The minimum absolute atomic E-state index is 0.0701. The highest BCUT2D eigenvalue weighted by Gasteiger charge is 2.58. The SMILES string of the molecule is O=C(Nc1ccc2c(c1)C(=O)c1ccccc1-2)N[C@H](Cc1ccccc1)N1C(=O)[C@H]2[C@H](C1=O)[C@H]1C=C[C@H]2CC1. The van der Waals surface area contributed by atoms with Crippen molar-refractivity contribution in [1.82, 2.24) is 10.2 Å². The third kappa shape index (κ3) is 3.80. The number of carbonyl (C=O) groups is 4. The summed E-state index contributed by atoms with van der Waals surface area (Å²) in [7, 11) is 0. The van der Waals surface area contributed by atoms with Crippen LogP contribution in [0.2, 0.25) is 0 Å². The van der Waals surface area contributed by atoms with Crippen molar-refractivity contribution in [3.63, 3.8) is 0 Å². The molecule has 1 saturated heterocycles. The van der Waals surface area contributed by atoms with E-state index >= 15 is 0 Å². The molecule has 4 amide bonds. The second-order valence-corrected chi connectivity index (χ2v) is 10.8. The fourth-order valence-electron chi connectivity index (χ4n) is 6.87. The summed E-state index contributed by atoms with van der Waals surface area (Å²) in [6.45, 7) is 0. The molecule has 0 radical (unpaired) electrons. The number of rotatable bonds is 5. The predicted molar refractivity (Wildman–Crippen MR) is 146 cm³/mol. The van der Waals surface area contributed by atoms with Gasteiger partial charge in [-0.3, -0.25) is 19.3 Å². The van der Waals surface area contributed by atoms with E-state index in [0.29, 0.717) is 23.2 Å². The zero-order valence-corrected chi connectivity index (χ0v) is 21.2. The monoisotopic (exact) mass is 517 g/mol. The minimum Gasteiger partial charge on any atom is -0.317 e. The molecule has 4 aliphatic carbocycles. The molecule has 8 rings (SSSR count). The number of amides is 4. The quantitative estimate of drug-likeness (QED) is 0.294. The van der Waals surface area contributed by atoms with E-state index < -0.39 is 12.2 Å². The summed E-state index contributed by atoms with van der Waals surface area (Å²) in [4.78, 5) is 54.8. The Bertz CT molecular complexity index is 1530. The molecule has 3 aromatic rings. The number of hydrogen-bond acceptors (Lipinski definition) is 4. The number of anilines is 1. The lowest BCUT2D eigenvalue weighted by molar-refractivity contribution is -0.143. The summed E-state index contributed by atoms with van der Waals surface area (Å²) in [5.74, 6) is -1.05. The van der Waals surface area contributed by atoms with Crippen LogP contribution in [0, 0.1) is 23.7 Å². The first-order chi connectivity index (χ1) is 19.0. The van der Waals surface area contributed by atoms with Gasteiger partial charge < -0.3 is 10.6 Å². The number of fused-ring (bicyclic) bond motifs is 4. The largest absolute Gasteiger partial charge is 0.320 e. The molecule has 1 saturated carbocycles. The van der Waals surface area contributed by atoms with Crippen LogP contribution in [0.5, 0.6) is 0 Å². The molecule has 1 aliphatic heterocycles. The summed E-state index contributed by atoms with van der Waals surface area (Å²) in [5, 5.41) is 5.72. The minimum atomic E-state index is -0.835. The number of imide groups is 1. The molecule has 7 heteroatoms. The topological polar surface area (TPSA) is 95.6 Å². The van der Waals surface area contributed by atoms with E-state index in [1.807, 2.05) is 54.6 Å². The third-order valence-corrected chi connectivity index (χ3v) is 8.66. The van der Waals surface area contributed by atoms with Crippen molar-refractivity contribution in [1.29, 1.82) is 0 Å². The second-order valence-electron chi connectivity index (χ2n) is 10.8. The molecule has 194 valence electrons. The number of urea groups is 1. The summed E-state index contributed by atoms with van der Waals surface area (Å²) in [6, 6.07) is 21.7. The van der Waals surface area contributed by atoms with Gasteiger partial charge in [0.05, 0.1) is 11.8 Å². The lowest BCUT2D eigenvalue weighted by Crippen LogP contribution is -2.53. The van der Waals surface area contributed by atoms with Gasteiger partial charge in [0.25, 0.3) is 0 Å². The van der Waals surface area contributed by atoms with Crippen molar-refractivity contribution in [2.45, 2.75) is 25.4 Å². The number of ketones is 1. The molecule has 39 heavy (non-hydrogen) atoms. The van der Waals surface area contributed by atoms with Crippen LogP contribution in [-0.2, 0) is 16.0 Å². The first-order valence-electron chi connectivity index (χ1n) is 13.4. The van der Waals surface area contributed by atoms with Gasteiger partial charge in [-0.25, -0.2) is 4.79 Å². The number of likely N-dealkylation sites (tertiary alicyclic amines) is 1. The Morgan fingerprint density at radius 1 is 0.769 bits per heavy atom. The fraction of sp³-hybridized carbons (Fsp3) is 0.250. The van der Waals surface area contributed by atoms with E-state index in [9.17, 15) is 19.2 Å². The van der Waals surface area contributed by atoms with Crippen LogP contribution in [0.4, 0.5) is 10.5 Å². The summed E-state index contributed by atoms with van der Waals surface area (Å²) in [5.41, 5.74) is 4.26. The molecule has 5 atom stereocenters. The Hall–Kier alpha value is -4.52. The van der Waals surface area contributed by atoms with Gasteiger partial charge in [0.1, 0.15) is 6.17 Å². The van der Waals surface area contributed by atoms with E-state index in [2.05, 4.69) is 22.8 Å². The first kappa shape index (κ1) is 23.6. The Labute approximate surface area is 225 Å². The standard InChI is InChI=1S/C32H27N3O4/c36-29-24-9-5-4-8-22(24)23-15-14-21(17-25(23)29)33-32(39)34-26(16-18-6-2-1-3-7-18)35-30(37)27-19-10-11-20(13-12-19)28(27)31(35)38/h1-11,14-15,17,19-20,26-28H,12-13,16H2,(H2,33,34,39)/t19-,20-,26-,27+,28+/m0/s1. The number of nitrogens with zero attached hydrogens (tertiary/aromatic N) is 1. The maximum Gasteiger partial charge on any atom is 0.320 e. The van der Waals surface area contributed by atoms with Crippen molar-refractivity contribution in [2.24, 2.45) is 23.7 Å². The van der Waals surface area contributed by atoms with E-state index in [0.717, 1.165) is 29.5 Å². The van der Waals surface area contributed by atoms with Gasteiger partial charge in [0.15, 0.2) is 5.78 Å². The molecule has 2 bridgehead atoms. The smallest absolute Gasteiger partial charge is 0.317 e. The van der Waals surface area contributed by atoms with E-state index in [-0.39, 0.29) is 41.3 Å². The molecule has 1 heterocycles. The lowest BCUT2D eigenvalue weighted by atomic mass is 9.63. The van der Waals surface area contributed by atoms with Crippen molar-refractivity contribution in [3.8, 4) is 11.1 Å². The fourth-order valence-corrected chi connectivity index (χ4v) is 6.87. The highest BCUT2D eigenvalue weighted by atomic mass is 16.2. The number of benzene rings is 3. The molecule has 7 nitrogen and oxygen atoms in total. The molecule has 0 spiro atoms.